The van der Waals surface area contributed by atoms with Gasteiger partial charge in [-0.1, -0.05) is 36.4 Å². The van der Waals surface area contributed by atoms with Crippen molar-refractivity contribution in [1.82, 2.24) is 10.0 Å². The summed E-state index contributed by atoms with van der Waals surface area (Å²) in [6.07, 6.45) is 2.59. The van der Waals surface area contributed by atoms with Gasteiger partial charge in [0.25, 0.3) is 0 Å². The van der Waals surface area contributed by atoms with Crippen LogP contribution in [0.1, 0.15) is 29.5 Å². The molecule has 1 amide bonds. The number of likely N-dealkylation sites (tertiary alicyclic amines) is 1. The Morgan fingerprint density at radius 2 is 1.69 bits per heavy atom. The summed E-state index contributed by atoms with van der Waals surface area (Å²) in [5, 5.41) is 11.8. The first-order valence-electron chi connectivity index (χ1n) is 9.65. The standard InChI is InChI=1S/C21H24N4O3S/c22-13-19-5-1-2-6-20(19)29(27,28)24-15-21(26)23-14-17-7-9-18(10-8-17)16-25-11-3-4-12-25/h1-2,5-10,24H,3-4,11-12,14-16H2,(H,23,26)/p+1. The molecule has 0 bridgehead atoms. The number of rotatable bonds is 8. The third-order valence-electron chi connectivity index (χ3n) is 5.00. The first-order chi connectivity index (χ1) is 14.0. The third-order valence-corrected chi connectivity index (χ3v) is 6.46. The van der Waals surface area contributed by atoms with Gasteiger partial charge in [0.2, 0.25) is 15.9 Å². The number of hydrogen-bond donors (Lipinski definition) is 3. The van der Waals surface area contributed by atoms with Crippen LogP contribution in [0.25, 0.3) is 0 Å². The Morgan fingerprint density at radius 1 is 1.03 bits per heavy atom. The number of hydrogen-bond acceptors (Lipinski definition) is 4. The lowest BCUT2D eigenvalue weighted by molar-refractivity contribution is -0.901. The van der Waals surface area contributed by atoms with E-state index < -0.39 is 22.5 Å². The second-order valence-electron chi connectivity index (χ2n) is 7.16. The van der Waals surface area contributed by atoms with Crippen molar-refractivity contribution in [2.45, 2.75) is 30.8 Å². The molecular weight excluding hydrogens is 388 g/mol. The molecule has 3 N–H and O–H groups in total. The molecule has 29 heavy (non-hydrogen) atoms. The van der Waals surface area contributed by atoms with Crippen molar-refractivity contribution in [2.75, 3.05) is 19.6 Å². The molecule has 0 aliphatic carbocycles. The van der Waals surface area contributed by atoms with E-state index in [1.165, 1.54) is 49.7 Å². The van der Waals surface area contributed by atoms with Gasteiger partial charge in [-0.05, 0) is 17.7 Å². The fourth-order valence-corrected chi connectivity index (χ4v) is 4.55. The Kier molecular flexibility index (Phi) is 6.99. The number of quaternary nitrogens is 1. The van der Waals surface area contributed by atoms with E-state index >= 15 is 0 Å². The number of benzene rings is 2. The van der Waals surface area contributed by atoms with E-state index in [0.717, 1.165) is 12.1 Å². The molecule has 7 nitrogen and oxygen atoms in total. The Labute approximate surface area is 171 Å². The van der Waals surface area contributed by atoms with Crippen LogP contribution in [0.15, 0.2) is 53.4 Å². The molecule has 0 unspecified atom stereocenters. The molecule has 3 rings (SSSR count). The molecule has 0 spiro atoms. The summed E-state index contributed by atoms with van der Waals surface area (Å²) >= 11 is 0. The van der Waals surface area contributed by atoms with Crippen LogP contribution in [-0.4, -0.2) is 34.0 Å². The Balaban J connectivity index is 1.48. The van der Waals surface area contributed by atoms with Gasteiger partial charge >= 0.3 is 0 Å². The van der Waals surface area contributed by atoms with E-state index in [2.05, 4.69) is 22.2 Å². The molecule has 2 aromatic carbocycles. The Morgan fingerprint density at radius 3 is 2.38 bits per heavy atom. The minimum atomic E-state index is -3.93. The van der Waals surface area contributed by atoms with Gasteiger partial charge < -0.3 is 10.2 Å². The predicted molar refractivity (Wildman–Crippen MR) is 108 cm³/mol. The number of carbonyl (C=O) groups excluding carboxylic acids is 1. The Bertz CT molecular complexity index is 991. The van der Waals surface area contributed by atoms with E-state index in [1.54, 1.807) is 11.0 Å². The van der Waals surface area contributed by atoms with Crippen LogP contribution < -0.4 is 14.9 Å². The zero-order chi connectivity index (χ0) is 20.7. The summed E-state index contributed by atoms with van der Waals surface area (Å²) in [7, 11) is -3.93. The topological polar surface area (TPSA) is 104 Å². The van der Waals surface area contributed by atoms with Gasteiger partial charge in [0.1, 0.15) is 12.6 Å². The molecule has 1 fully saturated rings. The van der Waals surface area contributed by atoms with Gasteiger partial charge in [0, 0.05) is 24.9 Å². The zero-order valence-electron chi connectivity index (χ0n) is 16.1. The van der Waals surface area contributed by atoms with Crippen LogP contribution in [-0.2, 0) is 27.9 Å². The van der Waals surface area contributed by atoms with Crippen molar-refractivity contribution in [3.8, 4) is 6.07 Å². The lowest BCUT2D eigenvalue weighted by atomic mass is 10.1. The minimum absolute atomic E-state index is 0.0382. The van der Waals surface area contributed by atoms with E-state index in [9.17, 15) is 13.2 Å². The second kappa shape index (κ2) is 9.65. The van der Waals surface area contributed by atoms with Crippen LogP contribution >= 0.6 is 0 Å². The first-order valence-corrected chi connectivity index (χ1v) is 11.1. The summed E-state index contributed by atoms with van der Waals surface area (Å²) in [5.74, 6) is -0.436. The lowest BCUT2D eigenvalue weighted by Gasteiger charge is -2.12. The average Bonchev–Trinajstić information content (AvgIpc) is 3.25. The second-order valence-corrected chi connectivity index (χ2v) is 8.89. The van der Waals surface area contributed by atoms with Gasteiger partial charge in [-0.15, -0.1) is 0 Å². The summed E-state index contributed by atoms with van der Waals surface area (Å²) in [4.78, 5) is 13.5. The normalized spacial score (nSPS) is 14.4. The van der Waals surface area contributed by atoms with Crippen molar-refractivity contribution in [3.05, 3.63) is 65.2 Å². The van der Waals surface area contributed by atoms with Crippen LogP contribution in [0.3, 0.4) is 0 Å². The number of sulfonamides is 1. The zero-order valence-corrected chi connectivity index (χ0v) is 17.0. The highest BCUT2D eigenvalue weighted by atomic mass is 32.2. The highest BCUT2D eigenvalue weighted by Crippen LogP contribution is 2.13. The quantitative estimate of drug-likeness (QED) is 0.580. The van der Waals surface area contributed by atoms with Gasteiger partial charge in [-0.2, -0.15) is 5.26 Å². The van der Waals surface area contributed by atoms with Crippen LogP contribution in [0.4, 0.5) is 0 Å². The molecule has 0 atom stereocenters. The molecular formula is C21H25N4O3S+. The van der Waals surface area contributed by atoms with Gasteiger partial charge in [-0.3, -0.25) is 4.79 Å². The lowest BCUT2D eigenvalue weighted by Crippen LogP contribution is -3.08. The Hall–Kier alpha value is -2.73. The molecule has 0 radical (unpaired) electrons. The molecule has 1 saturated heterocycles. The van der Waals surface area contributed by atoms with Crippen molar-refractivity contribution >= 4 is 15.9 Å². The highest BCUT2D eigenvalue weighted by molar-refractivity contribution is 7.89. The SMILES string of the molecule is N#Cc1ccccc1S(=O)(=O)NCC(=O)NCc1ccc(C[NH+]2CCCC2)cc1. The first kappa shape index (κ1) is 21.0. The molecule has 0 aromatic heterocycles. The molecule has 0 saturated carbocycles. The van der Waals surface area contributed by atoms with Gasteiger partial charge in [0.15, 0.2) is 0 Å². The molecule has 1 aliphatic rings. The van der Waals surface area contributed by atoms with E-state index in [1.807, 2.05) is 18.2 Å². The summed E-state index contributed by atoms with van der Waals surface area (Å²) in [5.41, 5.74) is 2.27. The average molecular weight is 414 g/mol. The van der Waals surface area contributed by atoms with E-state index in [0.29, 0.717) is 6.54 Å². The molecule has 8 heteroatoms. The van der Waals surface area contributed by atoms with Crippen LogP contribution in [0.5, 0.6) is 0 Å². The number of amides is 1. The van der Waals surface area contributed by atoms with Crippen LogP contribution in [0.2, 0.25) is 0 Å². The maximum Gasteiger partial charge on any atom is 0.242 e. The molecule has 152 valence electrons. The van der Waals surface area contributed by atoms with Gasteiger partial charge in [-0.25, -0.2) is 13.1 Å². The highest BCUT2D eigenvalue weighted by Gasteiger charge is 2.19. The molecule has 2 aromatic rings. The smallest absolute Gasteiger partial charge is 0.242 e. The maximum atomic E-state index is 12.3. The summed E-state index contributed by atoms with van der Waals surface area (Å²) in [6.45, 7) is 3.42. The monoisotopic (exact) mass is 413 g/mol. The number of nitrogens with zero attached hydrogens (tertiary/aromatic N) is 1. The van der Waals surface area contributed by atoms with E-state index in [-0.39, 0.29) is 10.5 Å². The van der Waals surface area contributed by atoms with Crippen molar-refractivity contribution < 1.29 is 18.1 Å². The molecule has 1 aliphatic heterocycles. The van der Waals surface area contributed by atoms with Crippen LogP contribution in [0, 0.1) is 11.3 Å². The number of nitriles is 1. The summed E-state index contributed by atoms with van der Waals surface area (Å²) < 4.78 is 26.9. The predicted octanol–water partition coefficient (Wildman–Crippen LogP) is 0.332. The largest absolute Gasteiger partial charge is 0.351 e. The van der Waals surface area contributed by atoms with E-state index in [4.69, 9.17) is 5.26 Å². The summed E-state index contributed by atoms with van der Waals surface area (Å²) in [6, 6.07) is 15.8. The third kappa shape index (κ3) is 5.87. The van der Waals surface area contributed by atoms with Gasteiger partial charge in [0.05, 0.1) is 30.1 Å². The maximum absolute atomic E-state index is 12.3. The van der Waals surface area contributed by atoms with Crippen molar-refractivity contribution in [1.29, 1.82) is 5.26 Å². The fourth-order valence-electron chi connectivity index (χ4n) is 3.41. The minimum Gasteiger partial charge on any atom is -0.351 e. The fraction of sp³-hybridized carbons (Fsp3) is 0.333. The number of nitrogens with one attached hydrogen (secondary N) is 3. The van der Waals surface area contributed by atoms with Crippen molar-refractivity contribution in [3.63, 3.8) is 0 Å². The molecule has 1 heterocycles. The van der Waals surface area contributed by atoms with Crippen molar-refractivity contribution in [2.24, 2.45) is 0 Å². The number of carbonyl (C=O) groups is 1.